The van der Waals surface area contributed by atoms with E-state index in [0.29, 0.717) is 23.5 Å². The molecular formula is C23H28N4O2S. The molecule has 2 aromatic carbocycles. The van der Waals surface area contributed by atoms with Gasteiger partial charge in [-0.1, -0.05) is 55.4 Å². The summed E-state index contributed by atoms with van der Waals surface area (Å²) in [6.07, 6.45) is 0. The highest BCUT2D eigenvalue weighted by Gasteiger charge is 2.13. The zero-order valence-corrected chi connectivity index (χ0v) is 18.9. The van der Waals surface area contributed by atoms with Crippen molar-refractivity contribution in [3.05, 3.63) is 65.0 Å². The Bertz CT molecular complexity index is 1010. The molecule has 3 aromatic rings. The summed E-state index contributed by atoms with van der Waals surface area (Å²) in [4.78, 5) is 12.3. The first-order valence-corrected chi connectivity index (χ1v) is 10.9. The fourth-order valence-electron chi connectivity index (χ4n) is 2.98. The molecule has 0 atom stereocenters. The van der Waals surface area contributed by atoms with Crippen molar-refractivity contribution in [2.24, 2.45) is 7.05 Å². The quantitative estimate of drug-likeness (QED) is 0.523. The SMILES string of the molecule is Cc1ccc(OCc2nnc(SCC(=O)Nc3ccc(C(C)C)cc3)n2C)c(C)c1. The van der Waals surface area contributed by atoms with Crippen LogP contribution in [0.4, 0.5) is 5.69 Å². The number of benzene rings is 2. The van der Waals surface area contributed by atoms with E-state index >= 15 is 0 Å². The number of aromatic nitrogens is 3. The monoisotopic (exact) mass is 424 g/mol. The van der Waals surface area contributed by atoms with E-state index in [1.54, 1.807) is 0 Å². The predicted octanol–water partition coefficient (Wildman–Crippen LogP) is 4.87. The lowest BCUT2D eigenvalue weighted by Gasteiger charge is -2.10. The van der Waals surface area contributed by atoms with Crippen LogP contribution in [-0.2, 0) is 18.4 Å². The molecule has 0 fully saturated rings. The lowest BCUT2D eigenvalue weighted by molar-refractivity contribution is -0.113. The fraction of sp³-hybridized carbons (Fsp3) is 0.348. The summed E-state index contributed by atoms with van der Waals surface area (Å²) in [6.45, 7) is 8.69. The van der Waals surface area contributed by atoms with Crippen LogP contribution >= 0.6 is 11.8 Å². The van der Waals surface area contributed by atoms with Gasteiger partial charge in [0.05, 0.1) is 5.75 Å². The number of hydrogen-bond donors (Lipinski definition) is 1. The molecule has 158 valence electrons. The molecule has 0 aliphatic rings. The first-order chi connectivity index (χ1) is 14.3. The lowest BCUT2D eigenvalue weighted by atomic mass is 10.0. The van der Waals surface area contributed by atoms with Crippen LogP contribution in [0.5, 0.6) is 5.75 Å². The van der Waals surface area contributed by atoms with Crippen LogP contribution in [0.3, 0.4) is 0 Å². The Morgan fingerprint density at radius 2 is 1.87 bits per heavy atom. The molecule has 30 heavy (non-hydrogen) atoms. The molecule has 0 aliphatic heterocycles. The highest BCUT2D eigenvalue weighted by Crippen LogP contribution is 2.22. The highest BCUT2D eigenvalue weighted by molar-refractivity contribution is 7.99. The second-order valence-corrected chi connectivity index (χ2v) is 8.57. The van der Waals surface area contributed by atoms with Crippen molar-refractivity contribution in [3.63, 3.8) is 0 Å². The van der Waals surface area contributed by atoms with Crippen LogP contribution in [0.1, 0.15) is 42.3 Å². The van der Waals surface area contributed by atoms with Crippen molar-refractivity contribution in [2.45, 2.75) is 45.4 Å². The van der Waals surface area contributed by atoms with Gasteiger partial charge in [-0.3, -0.25) is 4.79 Å². The average Bonchev–Trinajstić information content (AvgIpc) is 3.06. The van der Waals surface area contributed by atoms with Crippen LogP contribution in [0.2, 0.25) is 0 Å². The number of amides is 1. The van der Waals surface area contributed by atoms with E-state index in [1.807, 2.05) is 54.9 Å². The van der Waals surface area contributed by atoms with Crippen molar-refractivity contribution >= 4 is 23.4 Å². The maximum absolute atomic E-state index is 12.3. The van der Waals surface area contributed by atoms with Crippen molar-refractivity contribution in [1.29, 1.82) is 0 Å². The van der Waals surface area contributed by atoms with Gasteiger partial charge in [-0.05, 0) is 49.1 Å². The van der Waals surface area contributed by atoms with Crippen LogP contribution < -0.4 is 10.1 Å². The van der Waals surface area contributed by atoms with E-state index in [9.17, 15) is 4.79 Å². The predicted molar refractivity (Wildman–Crippen MR) is 121 cm³/mol. The zero-order valence-electron chi connectivity index (χ0n) is 18.1. The minimum atomic E-state index is -0.0756. The molecule has 0 aliphatic carbocycles. The number of ether oxygens (including phenoxy) is 1. The van der Waals surface area contributed by atoms with E-state index < -0.39 is 0 Å². The van der Waals surface area contributed by atoms with Gasteiger partial charge in [0, 0.05) is 12.7 Å². The fourth-order valence-corrected chi connectivity index (χ4v) is 3.71. The first kappa shape index (κ1) is 21.9. The zero-order chi connectivity index (χ0) is 21.7. The second kappa shape index (κ2) is 9.80. The molecule has 1 aromatic heterocycles. The van der Waals surface area contributed by atoms with Gasteiger partial charge >= 0.3 is 0 Å². The molecule has 0 saturated heterocycles. The molecular weight excluding hydrogens is 396 g/mol. The van der Waals surface area contributed by atoms with E-state index in [1.165, 1.54) is 22.9 Å². The maximum atomic E-state index is 12.3. The number of carbonyl (C=O) groups is 1. The topological polar surface area (TPSA) is 69.0 Å². The third-order valence-corrected chi connectivity index (χ3v) is 5.83. The van der Waals surface area contributed by atoms with Gasteiger partial charge in [0.25, 0.3) is 0 Å². The average molecular weight is 425 g/mol. The number of carbonyl (C=O) groups excluding carboxylic acids is 1. The first-order valence-electron chi connectivity index (χ1n) is 9.94. The number of nitrogens with one attached hydrogen (secondary N) is 1. The molecule has 0 unspecified atom stereocenters. The molecule has 1 amide bonds. The molecule has 6 nitrogen and oxygen atoms in total. The van der Waals surface area contributed by atoms with Gasteiger partial charge in [-0.15, -0.1) is 10.2 Å². The normalized spacial score (nSPS) is 11.0. The molecule has 3 rings (SSSR count). The summed E-state index contributed by atoms with van der Waals surface area (Å²) >= 11 is 1.35. The number of nitrogens with zero attached hydrogens (tertiary/aromatic N) is 3. The van der Waals surface area contributed by atoms with Gasteiger partial charge in [0.1, 0.15) is 12.4 Å². The number of rotatable bonds is 8. The standard InChI is InChI=1S/C23H28N4O2S/c1-15(2)18-7-9-19(10-8-18)24-22(28)14-30-23-26-25-21(27(23)5)13-29-20-11-6-16(3)12-17(20)4/h6-12,15H,13-14H2,1-5H3,(H,24,28). The van der Waals surface area contributed by atoms with E-state index in [0.717, 1.165) is 17.0 Å². The number of anilines is 1. The molecule has 1 N–H and O–H groups in total. The third-order valence-electron chi connectivity index (χ3n) is 4.81. The lowest BCUT2D eigenvalue weighted by Crippen LogP contribution is -2.14. The summed E-state index contributed by atoms with van der Waals surface area (Å²) in [5.74, 6) is 2.20. The van der Waals surface area contributed by atoms with Crippen LogP contribution in [0, 0.1) is 13.8 Å². The number of hydrogen-bond acceptors (Lipinski definition) is 5. The minimum Gasteiger partial charge on any atom is -0.485 e. The molecule has 1 heterocycles. The molecule has 0 saturated carbocycles. The van der Waals surface area contributed by atoms with E-state index in [2.05, 4.69) is 42.4 Å². The summed E-state index contributed by atoms with van der Waals surface area (Å²) in [6, 6.07) is 14.0. The van der Waals surface area contributed by atoms with Gasteiger partial charge in [0.15, 0.2) is 11.0 Å². The Balaban J connectivity index is 1.52. The molecule has 0 radical (unpaired) electrons. The second-order valence-electron chi connectivity index (χ2n) is 7.63. The van der Waals surface area contributed by atoms with Crippen molar-refractivity contribution in [3.8, 4) is 5.75 Å². The Morgan fingerprint density at radius 3 is 2.53 bits per heavy atom. The Labute approximate surface area is 182 Å². The van der Waals surface area contributed by atoms with Gasteiger partial charge < -0.3 is 14.6 Å². The number of aryl methyl sites for hydroxylation is 2. The van der Waals surface area contributed by atoms with Gasteiger partial charge in [-0.2, -0.15) is 0 Å². The van der Waals surface area contributed by atoms with Crippen molar-refractivity contribution < 1.29 is 9.53 Å². The van der Waals surface area contributed by atoms with E-state index in [4.69, 9.17) is 4.74 Å². The third kappa shape index (κ3) is 5.63. The van der Waals surface area contributed by atoms with Crippen molar-refractivity contribution in [2.75, 3.05) is 11.1 Å². The summed E-state index contributed by atoms with van der Waals surface area (Å²) in [7, 11) is 1.88. The Morgan fingerprint density at radius 1 is 1.13 bits per heavy atom. The summed E-state index contributed by atoms with van der Waals surface area (Å²) < 4.78 is 7.75. The Hall–Kier alpha value is -2.80. The van der Waals surface area contributed by atoms with Gasteiger partial charge in [0.2, 0.25) is 5.91 Å². The smallest absolute Gasteiger partial charge is 0.234 e. The largest absolute Gasteiger partial charge is 0.485 e. The van der Waals surface area contributed by atoms with Crippen LogP contribution in [0.15, 0.2) is 47.6 Å². The van der Waals surface area contributed by atoms with Crippen molar-refractivity contribution in [1.82, 2.24) is 14.8 Å². The minimum absolute atomic E-state index is 0.0756. The molecule has 7 heteroatoms. The summed E-state index contributed by atoms with van der Waals surface area (Å²) in [5.41, 5.74) is 4.33. The van der Waals surface area contributed by atoms with Gasteiger partial charge in [-0.25, -0.2) is 0 Å². The van der Waals surface area contributed by atoms with Crippen LogP contribution in [0.25, 0.3) is 0 Å². The highest BCUT2D eigenvalue weighted by atomic mass is 32.2. The van der Waals surface area contributed by atoms with E-state index in [-0.39, 0.29) is 11.7 Å². The molecule has 0 bridgehead atoms. The maximum Gasteiger partial charge on any atom is 0.234 e. The number of thioether (sulfide) groups is 1. The Kier molecular flexibility index (Phi) is 7.15. The molecule has 0 spiro atoms. The van der Waals surface area contributed by atoms with Crippen LogP contribution in [-0.4, -0.2) is 26.4 Å². The summed E-state index contributed by atoms with van der Waals surface area (Å²) in [5, 5.41) is 12.0.